The van der Waals surface area contributed by atoms with Crippen LogP contribution in [-0.4, -0.2) is 37.0 Å². The third-order valence-corrected chi connectivity index (χ3v) is 4.30. The third kappa shape index (κ3) is 4.63. The van der Waals surface area contributed by atoms with E-state index in [2.05, 4.69) is 4.90 Å². The zero-order valence-electron chi connectivity index (χ0n) is 10.9. The normalized spacial score (nSPS) is 29.8. The maximum absolute atomic E-state index is 13.3. The van der Waals surface area contributed by atoms with Gasteiger partial charge in [-0.1, -0.05) is 0 Å². The van der Waals surface area contributed by atoms with E-state index < -0.39 is 5.92 Å². The van der Waals surface area contributed by atoms with Crippen molar-refractivity contribution in [2.45, 2.75) is 44.4 Å². The molecule has 0 spiro atoms. The molecule has 2 aliphatic rings. The molecular weight excluding hydrogens is 258 g/mol. The molecule has 1 atom stereocenters. The van der Waals surface area contributed by atoms with Gasteiger partial charge in [0.1, 0.15) is 0 Å². The first-order valence-electron chi connectivity index (χ1n) is 6.89. The third-order valence-electron chi connectivity index (χ3n) is 4.30. The fourth-order valence-corrected chi connectivity index (χ4v) is 3.20. The second-order valence-electron chi connectivity index (χ2n) is 5.80. The van der Waals surface area contributed by atoms with E-state index >= 15 is 0 Å². The van der Waals surface area contributed by atoms with Crippen molar-refractivity contribution in [3.05, 3.63) is 0 Å². The van der Waals surface area contributed by atoms with Crippen LogP contribution in [0.2, 0.25) is 0 Å². The first-order chi connectivity index (χ1) is 8.09. The number of hydrogen-bond acceptors (Lipinski definition) is 2. The van der Waals surface area contributed by atoms with E-state index in [0.29, 0.717) is 12.3 Å². The molecule has 1 aliphatic heterocycles. The summed E-state index contributed by atoms with van der Waals surface area (Å²) in [4.78, 5) is 2.36. The average molecular weight is 283 g/mol. The number of halogens is 3. The van der Waals surface area contributed by atoms with Gasteiger partial charge in [0.05, 0.1) is 0 Å². The van der Waals surface area contributed by atoms with Gasteiger partial charge in [0, 0.05) is 19.4 Å². The predicted octanol–water partition coefficient (Wildman–Crippen LogP) is 2.90. The van der Waals surface area contributed by atoms with Crippen LogP contribution in [0.15, 0.2) is 0 Å². The largest absolute Gasteiger partial charge is 0.330 e. The topological polar surface area (TPSA) is 29.3 Å². The van der Waals surface area contributed by atoms with E-state index in [0.717, 1.165) is 45.4 Å². The minimum atomic E-state index is -2.40. The lowest BCUT2D eigenvalue weighted by molar-refractivity contribution is -0.0579. The number of rotatable bonds is 3. The summed E-state index contributed by atoms with van der Waals surface area (Å²) >= 11 is 0. The number of alkyl halides is 2. The molecule has 1 aliphatic carbocycles. The highest BCUT2D eigenvalue weighted by atomic mass is 35.5. The SMILES string of the molecule is Cl.NCC1CCN(CC2CCCC(F)(F)C2)CC1. The molecule has 0 amide bonds. The fraction of sp³-hybridized carbons (Fsp3) is 1.00. The Balaban J connectivity index is 0.00000162. The molecule has 0 aromatic carbocycles. The predicted molar refractivity (Wildman–Crippen MR) is 72.4 cm³/mol. The van der Waals surface area contributed by atoms with Crippen LogP contribution in [0.4, 0.5) is 8.78 Å². The van der Waals surface area contributed by atoms with Crippen LogP contribution in [0, 0.1) is 11.8 Å². The summed E-state index contributed by atoms with van der Waals surface area (Å²) in [6.07, 6.45) is 4.14. The van der Waals surface area contributed by atoms with Gasteiger partial charge in [0.25, 0.3) is 0 Å². The van der Waals surface area contributed by atoms with Gasteiger partial charge in [-0.3, -0.25) is 0 Å². The zero-order chi connectivity index (χ0) is 12.3. The summed E-state index contributed by atoms with van der Waals surface area (Å²) in [7, 11) is 0. The zero-order valence-corrected chi connectivity index (χ0v) is 11.7. The van der Waals surface area contributed by atoms with Crippen molar-refractivity contribution in [2.75, 3.05) is 26.2 Å². The first kappa shape index (κ1) is 16.1. The minimum absolute atomic E-state index is 0. The molecule has 0 bridgehead atoms. The van der Waals surface area contributed by atoms with Crippen LogP contribution in [0.5, 0.6) is 0 Å². The van der Waals surface area contributed by atoms with Gasteiger partial charge in [0.2, 0.25) is 5.92 Å². The van der Waals surface area contributed by atoms with Gasteiger partial charge >= 0.3 is 0 Å². The second kappa shape index (κ2) is 7.01. The Morgan fingerprint density at radius 3 is 2.33 bits per heavy atom. The number of nitrogens with two attached hydrogens (primary N) is 1. The molecule has 2 rings (SSSR count). The van der Waals surface area contributed by atoms with E-state index in [-0.39, 0.29) is 31.2 Å². The molecule has 2 fully saturated rings. The van der Waals surface area contributed by atoms with E-state index in [9.17, 15) is 8.78 Å². The van der Waals surface area contributed by atoms with Crippen LogP contribution in [0.3, 0.4) is 0 Å². The molecule has 1 heterocycles. The van der Waals surface area contributed by atoms with Gasteiger partial charge in [-0.05, 0) is 57.2 Å². The Morgan fingerprint density at radius 2 is 1.78 bits per heavy atom. The molecule has 0 radical (unpaired) electrons. The highest BCUT2D eigenvalue weighted by Crippen LogP contribution is 2.37. The molecule has 2 N–H and O–H groups in total. The van der Waals surface area contributed by atoms with Crippen molar-refractivity contribution in [2.24, 2.45) is 17.6 Å². The maximum Gasteiger partial charge on any atom is 0.248 e. The molecule has 0 aromatic heterocycles. The van der Waals surface area contributed by atoms with Crippen molar-refractivity contribution in [3.8, 4) is 0 Å². The van der Waals surface area contributed by atoms with Gasteiger partial charge in [-0.15, -0.1) is 12.4 Å². The van der Waals surface area contributed by atoms with Crippen molar-refractivity contribution in [1.29, 1.82) is 0 Å². The van der Waals surface area contributed by atoms with Crippen molar-refractivity contribution in [1.82, 2.24) is 4.90 Å². The van der Waals surface area contributed by atoms with Crippen LogP contribution in [-0.2, 0) is 0 Å². The van der Waals surface area contributed by atoms with E-state index in [1.807, 2.05) is 0 Å². The van der Waals surface area contributed by atoms with Crippen molar-refractivity contribution in [3.63, 3.8) is 0 Å². The number of piperidine rings is 1. The quantitative estimate of drug-likeness (QED) is 0.862. The molecule has 1 saturated carbocycles. The summed E-state index contributed by atoms with van der Waals surface area (Å²) < 4.78 is 26.6. The molecule has 18 heavy (non-hydrogen) atoms. The summed E-state index contributed by atoms with van der Waals surface area (Å²) in [6.45, 7) is 3.73. The summed E-state index contributed by atoms with van der Waals surface area (Å²) in [5, 5.41) is 0. The van der Waals surface area contributed by atoms with Gasteiger partial charge < -0.3 is 10.6 Å². The Kier molecular flexibility index (Phi) is 6.28. The van der Waals surface area contributed by atoms with Crippen LogP contribution < -0.4 is 5.73 Å². The highest BCUT2D eigenvalue weighted by molar-refractivity contribution is 5.85. The summed E-state index contributed by atoms with van der Waals surface area (Å²) in [5.74, 6) is -1.55. The van der Waals surface area contributed by atoms with Crippen molar-refractivity contribution >= 4 is 12.4 Å². The van der Waals surface area contributed by atoms with Gasteiger partial charge in [-0.25, -0.2) is 8.78 Å². The molecule has 5 heteroatoms. The maximum atomic E-state index is 13.3. The lowest BCUT2D eigenvalue weighted by Crippen LogP contribution is -2.41. The Hall–Kier alpha value is 0.0700. The Labute approximate surface area is 115 Å². The molecule has 2 nitrogen and oxygen atoms in total. The second-order valence-corrected chi connectivity index (χ2v) is 5.80. The van der Waals surface area contributed by atoms with Crippen LogP contribution >= 0.6 is 12.4 Å². The van der Waals surface area contributed by atoms with Crippen LogP contribution in [0.1, 0.15) is 38.5 Å². The fourth-order valence-electron chi connectivity index (χ4n) is 3.20. The number of hydrogen-bond donors (Lipinski definition) is 1. The molecule has 108 valence electrons. The monoisotopic (exact) mass is 282 g/mol. The molecule has 1 saturated heterocycles. The van der Waals surface area contributed by atoms with Crippen LogP contribution in [0.25, 0.3) is 0 Å². The Bertz CT molecular complexity index is 243. The number of likely N-dealkylation sites (tertiary alicyclic amines) is 1. The molecular formula is C13H25ClF2N2. The molecule has 0 aromatic rings. The summed E-state index contributed by atoms with van der Waals surface area (Å²) in [6, 6.07) is 0. The van der Waals surface area contributed by atoms with E-state index in [1.165, 1.54) is 0 Å². The lowest BCUT2D eigenvalue weighted by atomic mass is 9.85. The summed E-state index contributed by atoms with van der Waals surface area (Å²) in [5.41, 5.74) is 5.65. The van der Waals surface area contributed by atoms with Gasteiger partial charge in [-0.2, -0.15) is 0 Å². The van der Waals surface area contributed by atoms with E-state index in [1.54, 1.807) is 0 Å². The smallest absolute Gasteiger partial charge is 0.248 e. The lowest BCUT2D eigenvalue weighted by Gasteiger charge is -2.36. The highest BCUT2D eigenvalue weighted by Gasteiger charge is 2.36. The van der Waals surface area contributed by atoms with E-state index in [4.69, 9.17) is 5.73 Å². The Morgan fingerprint density at radius 1 is 1.11 bits per heavy atom. The standard InChI is InChI=1S/C13H24F2N2.ClH/c14-13(15)5-1-2-12(8-13)10-17-6-3-11(9-16)4-7-17;/h11-12H,1-10,16H2;1H. The van der Waals surface area contributed by atoms with Crippen molar-refractivity contribution < 1.29 is 8.78 Å². The van der Waals surface area contributed by atoms with Gasteiger partial charge in [0.15, 0.2) is 0 Å². The molecule has 1 unspecified atom stereocenters. The average Bonchev–Trinajstić information content (AvgIpc) is 2.29. The minimum Gasteiger partial charge on any atom is -0.330 e. The first-order valence-corrected chi connectivity index (χ1v) is 6.89. The number of nitrogens with zero attached hydrogens (tertiary/aromatic N) is 1.